The van der Waals surface area contributed by atoms with Gasteiger partial charge in [0.1, 0.15) is 18.1 Å². The maximum atomic E-state index is 13.5. The lowest BCUT2D eigenvalue weighted by Crippen LogP contribution is -2.57. The molecule has 0 bridgehead atoms. The molecular formula is C28H40N8O5S. The molecule has 2 aromatic heterocycles. The number of aromatic amines is 2. The van der Waals surface area contributed by atoms with Crippen LogP contribution >= 0.6 is 11.8 Å². The predicted molar refractivity (Wildman–Crippen MR) is 162 cm³/mol. The summed E-state index contributed by atoms with van der Waals surface area (Å²) in [6.45, 7) is 0.424. The van der Waals surface area contributed by atoms with E-state index in [1.807, 2.05) is 30.5 Å². The Hall–Kier alpha value is -3.88. The van der Waals surface area contributed by atoms with E-state index in [4.69, 9.17) is 11.5 Å². The Kier molecular flexibility index (Phi) is 12.8. The monoisotopic (exact) mass is 600 g/mol. The first-order chi connectivity index (χ1) is 20.2. The molecule has 3 amide bonds. The van der Waals surface area contributed by atoms with Crippen LogP contribution in [0.25, 0.3) is 10.9 Å². The van der Waals surface area contributed by atoms with Crippen molar-refractivity contribution in [3.05, 3.63) is 54.2 Å². The Bertz CT molecular complexity index is 1310. The zero-order valence-electron chi connectivity index (χ0n) is 23.6. The molecule has 42 heavy (non-hydrogen) atoms. The highest BCUT2D eigenvalue weighted by atomic mass is 32.2. The van der Waals surface area contributed by atoms with Crippen molar-refractivity contribution in [2.24, 2.45) is 11.5 Å². The number of aliphatic carboxylic acids is 1. The van der Waals surface area contributed by atoms with E-state index in [0.29, 0.717) is 43.7 Å². The Labute approximate surface area is 248 Å². The van der Waals surface area contributed by atoms with Crippen LogP contribution in [0.2, 0.25) is 0 Å². The Morgan fingerprint density at radius 1 is 0.952 bits per heavy atom. The zero-order chi connectivity index (χ0) is 30.5. The topological polar surface area (TPSA) is 221 Å². The van der Waals surface area contributed by atoms with Gasteiger partial charge in [-0.15, -0.1) is 0 Å². The summed E-state index contributed by atoms with van der Waals surface area (Å²) in [6, 6.07) is 3.31. The van der Waals surface area contributed by atoms with E-state index >= 15 is 0 Å². The van der Waals surface area contributed by atoms with Gasteiger partial charge < -0.3 is 42.5 Å². The average molecular weight is 601 g/mol. The van der Waals surface area contributed by atoms with Gasteiger partial charge in [-0.2, -0.15) is 11.8 Å². The number of amides is 3. The minimum Gasteiger partial charge on any atom is -0.480 e. The van der Waals surface area contributed by atoms with Crippen molar-refractivity contribution in [2.45, 2.75) is 62.7 Å². The van der Waals surface area contributed by atoms with E-state index in [1.165, 1.54) is 12.5 Å². The van der Waals surface area contributed by atoms with Crippen molar-refractivity contribution >= 4 is 46.4 Å². The molecule has 0 fully saturated rings. The molecule has 0 radical (unpaired) electrons. The number of unbranched alkanes of at least 4 members (excludes halogenated alkanes) is 1. The molecule has 0 saturated heterocycles. The third kappa shape index (κ3) is 9.60. The quantitative estimate of drug-likeness (QED) is 0.0947. The molecule has 0 aliphatic rings. The molecule has 3 rings (SSSR count). The highest BCUT2D eigenvalue weighted by Gasteiger charge is 2.31. The highest BCUT2D eigenvalue weighted by Crippen LogP contribution is 2.19. The Morgan fingerprint density at radius 3 is 2.36 bits per heavy atom. The number of aromatic nitrogens is 3. The number of benzene rings is 1. The van der Waals surface area contributed by atoms with Crippen LogP contribution in [0.4, 0.5) is 0 Å². The van der Waals surface area contributed by atoms with Crippen molar-refractivity contribution in [3.63, 3.8) is 0 Å². The number of nitrogens with two attached hydrogens (primary N) is 2. The standard InChI is InChI=1S/C28H40N8O5S/c1-42-11-9-20(30)25(37)34-22(8-4-5-10-29)26(38)35-23(13-18-15-31-16-33-18)27(39)36-24(28(40)41)12-17-14-32-21-7-3-2-6-19(17)21/h2-3,6-7,14-16,20,22-24,32H,4-5,8-13,29-30H2,1H3,(H,31,33)(H,34,37)(H,35,38)(H,36,39)(H,40,41). The summed E-state index contributed by atoms with van der Waals surface area (Å²) >= 11 is 1.56. The first kappa shape index (κ1) is 32.6. The van der Waals surface area contributed by atoms with Gasteiger partial charge in [-0.05, 0) is 55.9 Å². The smallest absolute Gasteiger partial charge is 0.326 e. The third-order valence-electron chi connectivity index (χ3n) is 6.88. The Balaban J connectivity index is 1.76. The van der Waals surface area contributed by atoms with E-state index in [-0.39, 0.29) is 12.8 Å². The van der Waals surface area contributed by atoms with Gasteiger partial charge in [0.15, 0.2) is 0 Å². The molecule has 10 N–H and O–H groups in total. The van der Waals surface area contributed by atoms with Crippen LogP contribution in [-0.4, -0.2) is 86.5 Å². The Morgan fingerprint density at radius 2 is 1.67 bits per heavy atom. The maximum absolute atomic E-state index is 13.5. The van der Waals surface area contributed by atoms with Crippen molar-refractivity contribution in [3.8, 4) is 0 Å². The van der Waals surface area contributed by atoms with E-state index in [0.717, 1.165) is 16.5 Å². The minimum atomic E-state index is -1.26. The van der Waals surface area contributed by atoms with Crippen molar-refractivity contribution in [1.29, 1.82) is 0 Å². The molecule has 228 valence electrons. The number of fused-ring (bicyclic) bond motifs is 1. The van der Waals surface area contributed by atoms with Crippen molar-refractivity contribution < 1.29 is 24.3 Å². The first-order valence-electron chi connectivity index (χ1n) is 13.8. The number of nitrogens with one attached hydrogen (secondary N) is 5. The second-order valence-corrected chi connectivity index (χ2v) is 11.0. The fourth-order valence-electron chi connectivity index (χ4n) is 4.51. The van der Waals surface area contributed by atoms with Gasteiger partial charge in [-0.3, -0.25) is 14.4 Å². The van der Waals surface area contributed by atoms with Crippen LogP contribution < -0.4 is 27.4 Å². The molecule has 14 heteroatoms. The van der Waals surface area contributed by atoms with Gasteiger partial charge in [0.05, 0.1) is 12.4 Å². The number of nitrogens with zero attached hydrogens (tertiary/aromatic N) is 1. The number of hydrogen-bond donors (Lipinski definition) is 8. The average Bonchev–Trinajstić information content (AvgIpc) is 3.64. The molecule has 3 aromatic rings. The molecule has 4 unspecified atom stereocenters. The lowest BCUT2D eigenvalue weighted by atomic mass is 10.0. The molecule has 0 saturated carbocycles. The second-order valence-electron chi connectivity index (χ2n) is 10.0. The molecule has 4 atom stereocenters. The summed E-state index contributed by atoms with van der Waals surface area (Å²) < 4.78 is 0. The summed E-state index contributed by atoms with van der Waals surface area (Å²) in [5, 5.41) is 18.8. The lowest BCUT2D eigenvalue weighted by Gasteiger charge is -2.25. The second kappa shape index (κ2) is 16.5. The number of hydrogen-bond acceptors (Lipinski definition) is 8. The van der Waals surface area contributed by atoms with Crippen molar-refractivity contribution in [1.82, 2.24) is 30.9 Å². The van der Waals surface area contributed by atoms with Crippen LogP contribution in [0.3, 0.4) is 0 Å². The minimum absolute atomic E-state index is 0.0215. The van der Waals surface area contributed by atoms with E-state index in [9.17, 15) is 24.3 Å². The molecular weight excluding hydrogens is 560 g/mol. The van der Waals surface area contributed by atoms with Gasteiger partial charge in [-0.1, -0.05) is 18.2 Å². The largest absolute Gasteiger partial charge is 0.480 e. The predicted octanol–water partition coefficient (Wildman–Crippen LogP) is 0.425. The van der Waals surface area contributed by atoms with E-state index < -0.39 is 47.9 Å². The molecule has 0 aliphatic heterocycles. The summed E-state index contributed by atoms with van der Waals surface area (Å²) in [4.78, 5) is 61.8. The number of carboxylic acids is 1. The number of H-pyrrole nitrogens is 2. The number of carboxylic acid groups (broad SMARTS) is 1. The number of carbonyl (C=O) groups excluding carboxylic acids is 3. The molecule has 0 spiro atoms. The van der Waals surface area contributed by atoms with Crippen LogP contribution in [0.15, 0.2) is 43.0 Å². The number of thioether (sulfide) groups is 1. The number of carbonyl (C=O) groups is 4. The lowest BCUT2D eigenvalue weighted by molar-refractivity contribution is -0.142. The number of imidazole rings is 1. The third-order valence-corrected chi connectivity index (χ3v) is 7.52. The van der Waals surface area contributed by atoms with Crippen molar-refractivity contribution in [2.75, 3.05) is 18.6 Å². The first-order valence-corrected chi connectivity index (χ1v) is 15.2. The fraction of sp³-hybridized carbons (Fsp3) is 0.464. The summed E-state index contributed by atoms with van der Waals surface area (Å²) in [5.74, 6) is -2.26. The van der Waals surface area contributed by atoms with E-state index in [2.05, 4.69) is 30.9 Å². The van der Waals surface area contributed by atoms with Crippen LogP contribution in [0, 0.1) is 0 Å². The fourth-order valence-corrected chi connectivity index (χ4v) is 5.00. The van der Waals surface area contributed by atoms with Gasteiger partial charge in [0.25, 0.3) is 0 Å². The maximum Gasteiger partial charge on any atom is 0.326 e. The molecule has 0 aliphatic carbocycles. The highest BCUT2D eigenvalue weighted by molar-refractivity contribution is 7.98. The van der Waals surface area contributed by atoms with Gasteiger partial charge in [0, 0.05) is 41.8 Å². The van der Waals surface area contributed by atoms with Gasteiger partial charge in [0.2, 0.25) is 17.7 Å². The molecule has 13 nitrogen and oxygen atoms in total. The SMILES string of the molecule is CSCCC(N)C(=O)NC(CCCCN)C(=O)NC(Cc1cnc[nH]1)C(=O)NC(Cc1c[nH]c2ccccc12)C(=O)O. The number of rotatable bonds is 18. The van der Waals surface area contributed by atoms with Crippen LogP contribution in [0.5, 0.6) is 0 Å². The van der Waals surface area contributed by atoms with Gasteiger partial charge >= 0.3 is 5.97 Å². The summed E-state index contributed by atoms with van der Waals surface area (Å²) in [6.07, 6.45) is 8.58. The normalized spacial score (nSPS) is 14.1. The zero-order valence-corrected chi connectivity index (χ0v) is 24.4. The summed E-state index contributed by atoms with van der Waals surface area (Å²) in [5.41, 5.74) is 13.8. The summed E-state index contributed by atoms with van der Waals surface area (Å²) in [7, 11) is 0. The molecule has 1 aromatic carbocycles. The van der Waals surface area contributed by atoms with Crippen LogP contribution in [-0.2, 0) is 32.0 Å². The van der Waals surface area contributed by atoms with E-state index in [1.54, 1.807) is 18.0 Å². The molecule has 2 heterocycles. The van der Waals surface area contributed by atoms with Gasteiger partial charge in [-0.25, -0.2) is 9.78 Å². The van der Waals surface area contributed by atoms with Crippen LogP contribution in [0.1, 0.15) is 36.9 Å². The number of para-hydroxylation sites is 1.